The van der Waals surface area contributed by atoms with E-state index in [4.69, 9.17) is 5.11 Å². The van der Waals surface area contributed by atoms with Crippen molar-refractivity contribution >= 4 is 55.7 Å². The number of carbonyl (C=O) groups is 1. The molecule has 130 valence electrons. The largest absolute Gasteiger partial charge is 0.477 e. The molecule has 1 N–H and O–H groups in total. The maximum atomic E-state index is 12.9. The summed E-state index contributed by atoms with van der Waals surface area (Å²) in [6.45, 7) is -1.16. The molecule has 0 aliphatic carbocycles. The van der Waals surface area contributed by atoms with E-state index in [2.05, 4.69) is 4.98 Å². The van der Waals surface area contributed by atoms with Crippen molar-refractivity contribution in [2.24, 2.45) is 0 Å². The number of carboxylic acid groups (broad SMARTS) is 1. The number of rotatable bonds is 7. The fourth-order valence-corrected chi connectivity index (χ4v) is 4.98. The van der Waals surface area contributed by atoms with Gasteiger partial charge in [0.05, 0.1) is 17.8 Å². The average Bonchev–Trinajstić information content (AvgIpc) is 2.96. The van der Waals surface area contributed by atoms with Gasteiger partial charge in [-0.3, -0.25) is 0 Å². The summed E-state index contributed by atoms with van der Waals surface area (Å²) < 4.78 is 52.0. The second-order valence-corrected chi connectivity index (χ2v) is 8.49. The Hall–Kier alpha value is -1.34. The Bertz CT molecular complexity index is 842. The van der Waals surface area contributed by atoms with Crippen molar-refractivity contribution in [3.63, 3.8) is 0 Å². The van der Waals surface area contributed by atoms with E-state index in [9.17, 15) is 22.0 Å². The van der Waals surface area contributed by atoms with Crippen molar-refractivity contribution in [1.82, 2.24) is 4.98 Å². The number of thiazole rings is 1. The van der Waals surface area contributed by atoms with Crippen LogP contribution in [-0.2, 0) is 15.8 Å². The third kappa shape index (κ3) is 4.39. The van der Waals surface area contributed by atoms with E-state index in [-0.39, 0.29) is 0 Å². The topological polar surface area (TPSA) is 87.6 Å². The lowest BCUT2D eigenvalue weighted by molar-refractivity contribution is 0.0702. The molecule has 0 aliphatic rings. The van der Waals surface area contributed by atoms with Crippen molar-refractivity contribution < 1.29 is 27.1 Å². The molecular weight excluding hydrogens is 477 g/mol. The second kappa shape index (κ2) is 7.70. The molecule has 0 atom stereocenters. The van der Waals surface area contributed by atoms with Gasteiger partial charge < -0.3 is 5.11 Å². The van der Waals surface area contributed by atoms with E-state index in [1.54, 1.807) is 24.3 Å². The van der Waals surface area contributed by atoms with Gasteiger partial charge in [0.25, 0.3) is 6.43 Å². The monoisotopic (exact) mass is 488 g/mol. The van der Waals surface area contributed by atoms with Crippen molar-refractivity contribution in [3.8, 4) is 0 Å². The number of hydrogen-bond acceptors (Lipinski definition) is 5. The zero-order valence-electron chi connectivity index (χ0n) is 11.9. The number of benzene rings is 1. The molecule has 24 heavy (non-hydrogen) atoms. The van der Waals surface area contributed by atoms with Crippen LogP contribution in [0.4, 0.5) is 14.6 Å². The van der Waals surface area contributed by atoms with Crippen LogP contribution >= 0.6 is 33.9 Å². The summed E-state index contributed by atoms with van der Waals surface area (Å²) in [7, 11) is -4.24. The molecule has 1 aromatic heterocycles. The first-order valence-corrected chi connectivity index (χ1v) is 9.98. The third-order valence-electron chi connectivity index (χ3n) is 2.91. The highest BCUT2D eigenvalue weighted by atomic mass is 127. The molecule has 0 saturated heterocycles. The van der Waals surface area contributed by atoms with E-state index >= 15 is 0 Å². The minimum absolute atomic E-state index is 0.376. The molecule has 0 amide bonds. The van der Waals surface area contributed by atoms with Gasteiger partial charge >= 0.3 is 5.97 Å². The first kappa shape index (κ1) is 19.0. The van der Waals surface area contributed by atoms with Crippen molar-refractivity contribution in [1.29, 1.82) is 0 Å². The van der Waals surface area contributed by atoms with Gasteiger partial charge in [-0.05, 0) is 34.2 Å². The lowest BCUT2D eigenvalue weighted by Gasteiger charge is -2.22. The highest BCUT2D eigenvalue weighted by Gasteiger charge is 2.32. The standard InChI is InChI=1S/C13H11F2IN2O4S2/c14-10(15)5-18(12-11(13(19)20)23-7-17-12)24(21,22)6-8-3-1-2-4-9(8)16/h1-4,7,10H,5-6H2,(H,19,20). The van der Waals surface area contributed by atoms with Gasteiger partial charge in [-0.25, -0.2) is 31.3 Å². The van der Waals surface area contributed by atoms with Crippen molar-refractivity contribution in [2.45, 2.75) is 12.2 Å². The van der Waals surface area contributed by atoms with Crippen LogP contribution in [0.5, 0.6) is 0 Å². The Labute approximate surface area is 154 Å². The minimum Gasteiger partial charge on any atom is -0.477 e. The highest BCUT2D eigenvalue weighted by molar-refractivity contribution is 14.1. The van der Waals surface area contributed by atoms with Gasteiger partial charge in [-0.2, -0.15) is 0 Å². The molecule has 1 heterocycles. The molecule has 11 heteroatoms. The van der Waals surface area contributed by atoms with Gasteiger partial charge in [0.15, 0.2) is 10.7 Å². The van der Waals surface area contributed by atoms with Crippen LogP contribution in [0.3, 0.4) is 0 Å². The van der Waals surface area contributed by atoms with Gasteiger partial charge in [0, 0.05) is 3.57 Å². The zero-order chi connectivity index (χ0) is 17.9. The number of sulfonamides is 1. The quantitative estimate of drug-likeness (QED) is 0.606. The predicted molar refractivity (Wildman–Crippen MR) is 94.2 cm³/mol. The zero-order valence-corrected chi connectivity index (χ0v) is 15.7. The number of carboxylic acids is 1. The van der Waals surface area contributed by atoms with Crippen LogP contribution in [0.1, 0.15) is 15.2 Å². The summed E-state index contributed by atoms with van der Waals surface area (Å²) in [5.41, 5.74) is 1.54. The number of aromatic nitrogens is 1. The van der Waals surface area contributed by atoms with Crippen molar-refractivity contribution in [3.05, 3.63) is 43.8 Å². The molecule has 2 aromatic rings. The van der Waals surface area contributed by atoms with Crippen LogP contribution in [0.15, 0.2) is 29.8 Å². The van der Waals surface area contributed by atoms with E-state index in [0.29, 0.717) is 24.8 Å². The SMILES string of the molecule is O=C(O)c1scnc1N(CC(F)F)S(=O)(=O)Cc1ccccc1I. The van der Waals surface area contributed by atoms with E-state index in [0.717, 1.165) is 5.51 Å². The summed E-state index contributed by atoms with van der Waals surface area (Å²) in [4.78, 5) is 14.4. The lowest BCUT2D eigenvalue weighted by atomic mass is 10.2. The number of hydrogen-bond donors (Lipinski definition) is 1. The lowest BCUT2D eigenvalue weighted by Crippen LogP contribution is -2.37. The number of alkyl halides is 2. The second-order valence-electron chi connectivity index (χ2n) is 4.58. The Balaban J connectivity index is 2.45. The molecule has 0 unspecified atom stereocenters. The van der Waals surface area contributed by atoms with Crippen molar-refractivity contribution in [2.75, 3.05) is 10.8 Å². The molecule has 0 radical (unpaired) electrons. The van der Waals surface area contributed by atoms with Crippen LogP contribution in [0, 0.1) is 3.57 Å². The van der Waals surface area contributed by atoms with Crippen LogP contribution in [-0.4, -0.2) is 37.4 Å². The summed E-state index contributed by atoms with van der Waals surface area (Å²) >= 11 is 2.62. The Morgan fingerprint density at radius 2 is 2.04 bits per heavy atom. The van der Waals surface area contributed by atoms with Crippen LogP contribution in [0.2, 0.25) is 0 Å². The first-order valence-electron chi connectivity index (χ1n) is 6.41. The minimum atomic E-state index is -4.24. The van der Waals surface area contributed by atoms with Gasteiger partial charge in [0.1, 0.15) is 0 Å². The summed E-state index contributed by atoms with van der Waals surface area (Å²) in [5.74, 6) is -2.44. The van der Waals surface area contributed by atoms with E-state index < -0.39 is 45.4 Å². The number of nitrogens with zero attached hydrogens (tertiary/aromatic N) is 2. The molecule has 0 aliphatic heterocycles. The highest BCUT2D eigenvalue weighted by Crippen LogP contribution is 2.28. The summed E-state index contributed by atoms with van der Waals surface area (Å²) in [6, 6.07) is 6.61. The van der Waals surface area contributed by atoms with Crippen LogP contribution in [0.25, 0.3) is 0 Å². The Kier molecular flexibility index (Phi) is 6.09. The Morgan fingerprint density at radius 3 is 2.62 bits per heavy atom. The molecule has 1 aromatic carbocycles. The van der Waals surface area contributed by atoms with Gasteiger partial charge in [-0.15, -0.1) is 11.3 Å². The molecular formula is C13H11F2IN2O4S2. The fraction of sp³-hybridized carbons (Fsp3) is 0.231. The third-order valence-corrected chi connectivity index (χ3v) is 6.44. The van der Waals surface area contributed by atoms with Crippen LogP contribution < -0.4 is 4.31 Å². The van der Waals surface area contributed by atoms with E-state index in [1.807, 2.05) is 22.6 Å². The summed E-state index contributed by atoms with van der Waals surface area (Å²) in [6.07, 6.45) is -2.97. The van der Waals surface area contributed by atoms with E-state index in [1.165, 1.54) is 0 Å². The molecule has 6 nitrogen and oxygen atoms in total. The molecule has 0 saturated carbocycles. The molecule has 0 fully saturated rings. The first-order chi connectivity index (χ1) is 11.2. The smallest absolute Gasteiger partial charge is 0.349 e. The normalized spacial score (nSPS) is 11.7. The molecule has 0 spiro atoms. The Morgan fingerprint density at radius 1 is 1.38 bits per heavy atom. The number of halogens is 3. The van der Waals surface area contributed by atoms with Gasteiger partial charge in [-0.1, -0.05) is 18.2 Å². The predicted octanol–water partition coefficient (Wildman–Crippen LogP) is 3.05. The van der Waals surface area contributed by atoms with Gasteiger partial charge in [0.2, 0.25) is 10.0 Å². The molecule has 0 bridgehead atoms. The fourth-order valence-electron chi connectivity index (χ4n) is 1.91. The number of aromatic carboxylic acids is 1. The maximum Gasteiger partial charge on any atom is 0.349 e. The maximum absolute atomic E-state index is 12.9. The summed E-state index contributed by atoms with van der Waals surface area (Å²) in [5, 5.41) is 9.10. The number of anilines is 1. The average molecular weight is 488 g/mol. The molecule has 2 rings (SSSR count).